The number of rotatable bonds is 9. The monoisotopic (exact) mass is 287 g/mol. The number of hydrogen-bond acceptors (Lipinski definition) is 3. The molecule has 116 valence electrons. The molecule has 0 aliphatic heterocycles. The number of aliphatic carboxylic acids is 2. The van der Waals surface area contributed by atoms with Crippen molar-refractivity contribution in [3.8, 4) is 0 Å². The van der Waals surface area contributed by atoms with E-state index in [2.05, 4.69) is 5.32 Å². The Hall–Kier alpha value is -1.59. The standard InChI is InChI=1S/C14H25NO5/c1-5-14(6-2,13(19)20)8-11(16)15-10(12(17)18)7-9(3)4/h9-10H,5-8H2,1-4H3,(H,15,16)(H,17,18)(H,19,20). The van der Waals surface area contributed by atoms with Crippen LogP contribution in [0.25, 0.3) is 0 Å². The van der Waals surface area contributed by atoms with Crippen molar-refractivity contribution in [3.63, 3.8) is 0 Å². The van der Waals surface area contributed by atoms with Crippen molar-refractivity contribution >= 4 is 17.8 Å². The van der Waals surface area contributed by atoms with Gasteiger partial charge in [0.2, 0.25) is 5.91 Å². The van der Waals surface area contributed by atoms with E-state index >= 15 is 0 Å². The second kappa shape index (κ2) is 7.87. The molecule has 0 fully saturated rings. The molecule has 20 heavy (non-hydrogen) atoms. The van der Waals surface area contributed by atoms with Gasteiger partial charge < -0.3 is 15.5 Å². The van der Waals surface area contributed by atoms with Crippen LogP contribution >= 0.6 is 0 Å². The molecule has 1 amide bonds. The van der Waals surface area contributed by atoms with Crippen molar-refractivity contribution < 1.29 is 24.6 Å². The van der Waals surface area contributed by atoms with Gasteiger partial charge in [0.1, 0.15) is 6.04 Å². The Kier molecular flexibility index (Phi) is 7.24. The Labute approximate surface area is 119 Å². The van der Waals surface area contributed by atoms with Crippen molar-refractivity contribution in [2.45, 2.75) is 59.4 Å². The normalized spacial score (nSPS) is 13.1. The lowest BCUT2D eigenvalue weighted by Gasteiger charge is -2.27. The molecular formula is C14H25NO5. The predicted molar refractivity (Wildman–Crippen MR) is 74.3 cm³/mol. The van der Waals surface area contributed by atoms with Crippen molar-refractivity contribution in [2.24, 2.45) is 11.3 Å². The summed E-state index contributed by atoms with van der Waals surface area (Å²) in [5.41, 5.74) is -1.12. The molecule has 1 unspecified atom stereocenters. The Balaban J connectivity index is 4.81. The molecule has 0 aromatic rings. The van der Waals surface area contributed by atoms with Gasteiger partial charge in [0.05, 0.1) is 5.41 Å². The fraction of sp³-hybridized carbons (Fsp3) is 0.786. The largest absolute Gasteiger partial charge is 0.481 e. The maximum atomic E-state index is 11.9. The van der Waals surface area contributed by atoms with Gasteiger partial charge in [0, 0.05) is 6.42 Å². The van der Waals surface area contributed by atoms with Crippen LogP contribution < -0.4 is 5.32 Å². The lowest BCUT2D eigenvalue weighted by Crippen LogP contribution is -2.44. The molecular weight excluding hydrogens is 262 g/mol. The zero-order valence-electron chi connectivity index (χ0n) is 12.6. The van der Waals surface area contributed by atoms with E-state index in [0.717, 1.165) is 0 Å². The first-order chi connectivity index (χ1) is 9.18. The highest BCUT2D eigenvalue weighted by Crippen LogP contribution is 2.31. The number of carbonyl (C=O) groups excluding carboxylic acids is 1. The van der Waals surface area contributed by atoms with Crippen molar-refractivity contribution in [3.05, 3.63) is 0 Å². The highest BCUT2D eigenvalue weighted by atomic mass is 16.4. The minimum absolute atomic E-state index is 0.123. The first kappa shape index (κ1) is 18.4. The number of amides is 1. The first-order valence-electron chi connectivity index (χ1n) is 6.94. The van der Waals surface area contributed by atoms with Crippen LogP contribution in [-0.4, -0.2) is 34.1 Å². The lowest BCUT2D eigenvalue weighted by molar-refractivity contribution is -0.152. The van der Waals surface area contributed by atoms with E-state index in [9.17, 15) is 19.5 Å². The summed E-state index contributed by atoms with van der Waals surface area (Å²) in [6.45, 7) is 7.16. The number of carbonyl (C=O) groups is 3. The van der Waals surface area contributed by atoms with Gasteiger partial charge in [-0.3, -0.25) is 9.59 Å². The van der Waals surface area contributed by atoms with Crippen LogP contribution in [0.3, 0.4) is 0 Å². The fourth-order valence-corrected chi connectivity index (χ4v) is 2.12. The van der Waals surface area contributed by atoms with E-state index in [1.165, 1.54) is 0 Å². The summed E-state index contributed by atoms with van der Waals surface area (Å²) in [6, 6.07) is -0.970. The summed E-state index contributed by atoms with van der Waals surface area (Å²) in [4.78, 5) is 34.3. The zero-order valence-corrected chi connectivity index (χ0v) is 12.6. The van der Waals surface area contributed by atoms with Crippen LogP contribution in [0, 0.1) is 11.3 Å². The third-order valence-electron chi connectivity index (χ3n) is 3.65. The van der Waals surface area contributed by atoms with Crippen molar-refractivity contribution in [2.75, 3.05) is 0 Å². The van der Waals surface area contributed by atoms with E-state index in [1.54, 1.807) is 13.8 Å². The molecule has 6 heteroatoms. The van der Waals surface area contributed by atoms with Crippen LogP contribution in [0.5, 0.6) is 0 Å². The molecule has 3 N–H and O–H groups in total. The van der Waals surface area contributed by atoms with E-state index in [4.69, 9.17) is 5.11 Å². The smallest absolute Gasteiger partial charge is 0.326 e. The van der Waals surface area contributed by atoms with Crippen LogP contribution in [0.15, 0.2) is 0 Å². The number of carboxylic acids is 2. The molecule has 0 spiro atoms. The molecule has 6 nitrogen and oxygen atoms in total. The minimum atomic E-state index is -1.12. The lowest BCUT2D eigenvalue weighted by atomic mass is 9.79. The molecule has 0 heterocycles. The van der Waals surface area contributed by atoms with Gasteiger partial charge in [-0.25, -0.2) is 4.79 Å². The van der Waals surface area contributed by atoms with Crippen LogP contribution in [0.2, 0.25) is 0 Å². The zero-order chi connectivity index (χ0) is 15.9. The molecule has 0 aromatic heterocycles. The molecule has 1 atom stereocenters. The quantitative estimate of drug-likeness (QED) is 0.600. The summed E-state index contributed by atoms with van der Waals surface area (Å²) in [7, 11) is 0. The molecule has 0 radical (unpaired) electrons. The molecule has 0 aromatic carbocycles. The van der Waals surface area contributed by atoms with E-state index in [0.29, 0.717) is 19.3 Å². The number of hydrogen-bond donors (Lipinski definition) is 3. The summed E-state index contributed by atoms with van der Waals surface area (Å²) in [5.74, 6) is -2.52. The maximum absolute atomic E-state index is 11.9. The van der Waals surface area contributed by atoms with Gasteiger partial charge in [0.25, 0.3) is 0 Å². The topological polar surface area (TPSA) is 104 Å². The molecule has 0 saturated carbocycles. The van der Waals surface area contributed by atoms with E-state index < -0.39 is 29.3 Å². The SMILES string of the molecule is CCC(CC)(CC(=O)NC(CC(C)C)C(=O)O)C(=O)O. The van der Waals surface area contributed by atoms with Crippen LogP contribution in [-0.2, 0) is 14.4 Å². The Bertz CT molecular complexity index is 361. The summed E-state index contributed by atoms with van der Waals surface area (Å²) in [6.07, 6.45) is 0.777. The van der Waals surface area contributed by atoms with Crippen LogP contribution in [0.4, 0.5) is 0 Å². The predicted octanol–water partition coefficient (Wildman–Crippen LogP) is 1.88. The highest BCUT2D eigenvalue weighted by molar-refractivity contribution is 5.87. The van der Waals surface area contributed by atoms with Crippen LogP contribution in [0.1, 0.15) is 53.4 Å². The average molecular weight is 287 g/mol. The summed E-state index contributed by atoms with van der Waals surface area (Å²) < 4.78 is 0. The molecule has 0 aliphatic carbocycles. The average Bonchev–Trinajstić information content (AvgIpc) is 2.34. The molecule has 0 bridgehead atoms. The van der Waals surface area contributed by atoms with E-state index in [-0.39, 0.29) is 12.3 Å². The fourth-order valence-electron chi connectivity index (χ4n) is 2.12. The van der Waals surface area contributed by atoms with Gasteiger partial charge >= 0.3 is 11.9 Å². The van der Waals surface area contributed by atoms with Crippen molar-refractivity contribution in [1.82, 2.24) is 5.32 Å². The number of nitrogens with one attached hydrogen (secondary N) is 1. The van der Waals surface area contributed by atoms with E-state index in [1.807, 2.05) is 13.8 Å². The first-order valence-corrected chi connectivity index (χ1v) is 6.94. The highest BCUT2D eigenvalue weighted by Gasteiger charge is 2.37. The second-order valence-electron chi connectivity index (χ2n) is 5.56. The van der Waals surface area contributed by atoms with Crippen molar-refractivity contribution in [1.29, 1.82) is 0 Å². The third kappa shape index (κ3) is 5.19. The summed E-state index contributed by atoms with van der Waals surface area (Å²) in [5, 5.41) is 20.8. The van der Waals surface area contributed by atoms with Gasteiger partial charge in [-0.05, 0) is 25.2 Å². The molecule has 0 saturated heterocycles. The summed E-state index contributed by atoms with van der Waals surface area (Å²) >= 11 is 0. The van der Waals surface area contributed by atoms with Gasteiger partial charge in [-0.15, -0.1) is 0 Å². The Morgan fingerprint density at radius 1 is 1.10 bits per heavy atom. The Morgan fingerprint density at radius 3 is 1.90 bits per heavy atom. The van der Waals surface area contributed by atoms with Gasteiger partial charge in [-0.1, -0.05) is 27.7 Å². The Morgan fingerprint density at radius 2 is 1.60 bits per heavy atom. The van der Waals surface area contributed by atoms with Gasteiger partial charge in [-0.2, -0.15) is 0 Å². The third-order valence-corrected chi connectivity index (χ3v) is 3.65. The minimum Gasteiger partial charge on any atom is -0.481 e. The number of carboxylic acid groups (broad SMARTS) is 2. The maximum Gasteiger partial charge on any atom is 0.326 e. The molecule has 0 aliphatic rings. The molecule has 0 rings (SSSR count). The van der Waals surface area contributed by atoms with Gasteiger partial charge in [0.15, 0.2) is 0 Å². The second-order valence-corrected chi connectivity index (χ2v) is 5.56.